The lowest BCUT2D eigenvalue weighted by Crippen LogP contribution is -3.07. The second kappa shape index (κ2) is 8.99. The Morgan fingerprint density at radius 3 is 2.43 bits per heavy atom. The molecule has 0 saturated heterocycles. The third-order valence-electron chi connectivity index (χ3n) is 4.18. The molecule has 0 amide bonds. The lowest BCUT2D eigenvalue weighted by atomic mass is 10.2. The first-order chi connectivity index (χ1) is 13.4. The number of hydrogen-bond donors (Lipinski definition) is 1. The summed E-state index contributed by atoms with van der Waals surface area (Å²) in [7, 11) is 3.70. The number of nitrogens with one attached hydrogen (secondary N) is 1. The molecule has 0 bridgehead atoms. The number of benzene rings is 2. The average molecular weight is 404 g/mol. The number of ether oxygens (including phenoxy) is 2. The van der Waals surface area contributed by atoms with E-state index in [1.807, 2.05) is 31.2 Å². The first-order valence-electron chi connectivity index (χ1n) is 8.89. The van der Waals surface area contributed by atoms with E-state index in [0.717, 1.165) is 12.3 Å². The molecule has 2 aromatic carbocycles. The van der Waals surface area contributed by atoms with Crippen LogP contribution in [0, 0.1) is 10.7 Å². The van der Waals surface area contributed by atoms with E-state index < -0.39 is 6.10 Å². The maximum atomic E-state index is 13.0. The zero-order valence-corrected chi connectivity index (χ0v) is 16.8. The summed E-state index contributed by atoms with van der Waals surface area (Å²) in [6, 6.07) is 13.8. The highest BCUT2D eigenvalue weighted by molar-refractivity contribution is 7.71. The predicted molar refractivity (Wildman–Crippen MR) is 104 cm³/mol. The second-order valence-corrected chi connectivity index (χ2v) is 6.91. The highest BCUT2D eigenvalue weighted by atomic mass is 32.1. The Morgan fingerprint density at radius 1 is 1.14 bits per heavy atom. The van der Waals surface area contributed by atoms with Crippen LogP contribution in [0.25, 0.3) is 0 Å². The summed E-state index contributed by atoms with van der Waals surface area (Å²) in [5, 5.41) is 4.44. The molecule has 0 spiro atoms. The third kappa shape index (κ3) is 5.17. The molecule has 1 heterocycles. The van der Waals surface area contributed by atoms with Gasteiger partial charge in [0, 0.05) is 5.56 Å². The Bertz CT molecular complexity index is 954. The maximum Gasteiger partial charge on any atom is 0.292 e. The van der Waals surface area contributed by atoms with Crippen LogP contribution in [0.3, 0.4) is 0 Å². The Morgan fingerprint density at radius 2 is 1.79 bits per heavy atom. The van der Waals surface area contributed by atoms with E-state index >= 15 is 0 Å². The van der Waals surface area contributed by atoms with Gasteiger partial charge in [-0.15, -0.1) is 5.10 Å². The summed E-state index contributed by atoms with van der Waals surface area (Å²) in [4.78, 5) is 1.48. The monoisotopic (exact) mass is 404 g/mol. The third-order valence-corrected chi connectivity index (χ3v) is 4.47. The minimum Gasteiger partial charge on any atom is -0.497 e. The van der Waals surface area contributed by atoms with Crippen LogP contribution >= 0.6 is 12.2 Å². The summed E-state index contributed by atoms with van der Waals surface area (Å²) in [6.45, 7) is 3.16. The summed E-state index contributed by atoms with van der Waals surface area (Å²) >= 11 is 5.29. The van der Waals surface area contributed by atoms with Gasteiger partial charge in [-0.05, 0) is 67.7 Å². The van der Waals surface area contributed by atoms with E-state index in [1.165, 1.54) is 22.6 Å². The Balaban J connectivity index is 1.62. The van der Waals surface area contributed by atoms with Crippen LogP contribution in [-0.4, -0.2) is 23.9 Å². The Hall–Kier alpha value is -2.71. The van der Waals surface area contributed by atoms with Crippen molar-refractivity contribution in [3.8, 4) is 11.5 Å². The fourth-order valence-corrected chi connectivity index (χ4v) is 2.95. The minimum absolute atomic E-state index is 0.290. The second-order valence-electron chi connectivity index (χ2n) is 6.56. The molecule has 0 fully saturated rings. The van der Waals surface area contributed by atoms with Crippen LogP contribution in [0.1, 0.15) is 24.5 Å². The largest absolute Gasteiger partial charge is 0.497 e. The van der Waals surface area contributed by atoms with Gasteiger partial charge in [0.15, 0.2) is 12.8 Å². The molecule has 0 aliphatic heterocycles. The number of nitrogens with zero attached hydrogens (tertiary/aromatic N) is 2. The molecule has 3 rings (SSSR count). The van der Waals surface area contributed by atoms with Crippen LogP contribution in [-0.2, 0) is 13.2 Å². The van der Waals surface area contributed by atoms with Gasteiger partial charge in [-0.25, -0.2) is 4.39 Å². The molecule has 0 radical (unpaired) electrons. The zero-order chi connectivity index (χ0) is 20.1. The van der Waals surface area contributed by atoms with Gasteiger partial charge in [0.05, 0.1) is 14.2 Å². The van der Waals surface area contributed by atoms with Crippen LogP contribution in [0.5, 0.6) is 11.5 Å². The standard InChI is InChI=1S/C20H22FN3O3S/c1-14(26-18-10-6-16(21)7-11-18)19-22-24(20(28)27-19)13-23(2)12-15-4-8-17(25-3)9-5-15/h4-11,14H,12-13H2,1-3H3/p+1/t14-/m1/s1. The first kappa shape index (κ1) is 20.0. The molecule has 6 nitrogen and oxygen atoms in total. The van der Waals surface area contributed by atoms with E-state index in [2.05, 4.69) is 12.1 Å². The van der Waals surface area contributed by atoms with Gasteiger partial charge in [0.2, 0.25) is 0 Å². The lowest BCUT2D eigenvalue weighted by molar-refractivity contribution is -0.917. The van der Waals surface area contributed by atoms with Gasteiger partial charge in [-0.2, -0.15) is 4.68 Å². The number of rotatable bonds is 8. The Kier molecular flexibility index (Phi) is 6.43. The molecule has 1 N–H and O–H groups in total. The molecule has 0 saturated carbocycles. The van der Waals surface area contributed by atoms with Crippen LogP contribution in [0.2, 0.25) is 0 Å². The normalized spacial score (nSPS) is 13.1. The van der Waals surface area contributed by atoms with Gasteiger partial charge >= 0.3 is 0 Å². The Labute approximate surface area is 168 Å². The number of quaternary nitrogens is 1. The van der Waals surface area contributed by atoms with Crippen molar-refractivity contribution in [1.29, 1.82) is 0 Å². The fraction of sp³-hybridized carbons (Fsp3) is 0.300. The van der Waals surface area contributed by atoms with Gasteiger partial charge in [-0.3, -0.25) is 0 Å². The van der Waals surface area contributed by atoms with Gasteiger partial charge < -0.3 is 18.8 Å². The van der Waals surface area contributed by atoms with Crippen LogP contribution in [0.15, 0.2) is 52.9 Å². The van der Waals surface area contributed by atoms with Gasteiger partial charge in [0.25, 0.3) is 10.7 Å². The fourth-order valence-electron chi connectivity index (χ4n) is 2.76. The van der Waals surface area contributed by atoms with Gasteiger partial charge in [0.1, 0.15) is 23.9 Å². The van der Waals surface area contributed by atoms with Crippen molar-refractivity contribution in [3.63, 3.8) is 0 Å². The van der Waals surface area contributed by atoms with Crippen LogP contribution < -0.4 is 14.4 Å². The van der Waals surface area contributed by atoms with Crippen molar-refractivity contribution in [1.82, 2.24) is 9.78 Å². The minimum atomic E-state index is -0.449. The van der Waals surface area contributed by atoms with Gasteiger partial charge in [-0.1, -0.05) is 0 Å². The molecule has 148 valence electrons. The van der Waals surface area contributed by atoms with Crippen molar-refractivity contribution in [2.75, 3.05) is 14.2 Å². The van der Waals surface area contributed by atoms with Crippen molar-refractivity contribution in [2.45, 2.75) is 26.2 Å². The molecular formula is C20H23FN3O3S+. The summed E-state index contributed by atoms with van der Waals surface area (Å²) in [5.74, 6) is 1.43. The SMILES string of the molecule is COc1ccc(C[NH+](C)Cn2nc([C@@H](C)Oc3ccc(F)cc3)oc2=S)cc1. The van der Waals surface area contributed by atoms with E-state index in [9.17, 15) is 4.39 Å². The first-order valence-corrected chi connectivity index (χ1v) is 9.29. The summed E-state index contributed by atoms with van der Waals surface area (Å²) in [6.07, 6.45) is -0.449. The molecule has 3 aromatic rings. The number of aromatic nitrogens is 2. The maximum absolute atomic E-state index is 13.0. The van der Waals surface area contributed by atoms with E-state index in [4.69, 9.17) is 26.1 Å². The summed E-state index contributed by atoms with van der Waals surface area (Å²) < 4.78 is 31.2. The van der Waals surface area contributed by atoms with E-state index in [0.29, 0.717) is 23.1 Å². The topological polar surface area (TPSA) is 53.9 Å². The number of halogens is 1. The number of methoxy groups -OCH3 is 1. The summed E-state index contributed by atoms with van der Waals surface area (Å²) in [5.41, 5.74) is 1.18. The lowest BCUT2D eigenvalue weighted by Gasteiger charge is -2.14. The quantitative estimate of drug-likeness (QED) is 0.585. The molecule has 2 atom stereocenters. The predicted octanol–water partition coefficient (Wildman–Crippen LogP) is 3.17. The highest BCUT2D eigenvalue weighted by Crippen LogP contribution is 2.21. The highest BCUT2D eigenvalue weighted by Gasteiger charge is 2.17. The smallest absolute Gasteiger partial charge is 0.292 e. The van der Waals surface area contributed by atoms with Crippen molar-refractivity contribution in [2.24, 2.45) is 0 Å². The van der Waals surface area contributed by atoms with E-state index in [-0.39, 0.29) is 5.82 Å². The molecule has 1 aromatic heterocycles. The molecule has 28 heavy (non-hydrogen) atoms. The van der Waals surface area contributed by atoms with Crippen molar-refractivity contribution >= 4 is 12.2 Å². The molecule has 1 unspecified atom stereocenters. The zero-order valence-electron chi connectivity index (χ0n) is 16.0. The molecule has 0 aliphatic rings. The molecule has 8 heteroatoms. The van der Waals surface area contributed by atoms with E-state index in [1.54, 1.807) is 23.9 Å². The number of hydrogen-bond acceptors (Lipinski definition) is 5. The van der Waals surface area contributed by atoms with Crippen LogP contribution in [0.4, 0.5) is 4.39 Å². The molecular weight excluding hydrogens is 381 g/mol. The van der Waals surface area contributed by atoms with Crippen molar-refractivity contribution < 1.29 is 23.2 Å². The molecule has 0 aliphatic carbocycles. The van der Waals surface area contributed by atoms with Crippen molar-refractivity contribution in [3.05, 3.63) is 70.6 Å². The average Bonchev–Trinajstić information content (AvgIpc) is 3.04.